The summed E-state index contributed by atoms with van der Waals surface area (Å²) in [4.78, 5) is 18.9. The van der Waals surface area contributed by atoms with Gasteiger partial charge in [-0.1, -0.05) is 30.3 Å². The molecule has 0 spiro atoms. The van der Waals surface area contributed by atoms with E-state index in [1.807, 2.05) is 48.7 Å². The van der Waals surface area contributed by atoms with Crippen molar-refractivity contribution in [3.05, 3.63) is 95.1 Å². The van der Waals surface area contributed by atoms with Gasteiger partial charge < -0.3 is 9.73 Å². The molecule has 0 aliphatic rings. The maximum absolute atomic E-state index is 11.2. The zero-order valence-electron chi connectivity index (χ0n) is 15.8. The molecule has 7 nitrogen and oxygen atoms in total. The molecule has 0 atom stereocenters. The van der Waals surface area contributed by atoms with Crippen LogP contribution in [0.2, 0.25) is 0 Å². The number of hydrogen-bond donors (Lipinski definition) is 1. The zero-order valence-corrected chi connectivity index (χ0v) is 15.8. The molecule has 0 aliphatic heterocycles. The monoisotopic (exact) mass is 396 g/mol. The van der Waals surface area contributed by atoms with Gasteiger partial charge in [-0.05, 0) is 35.2 Å². The van der Waals surface area contributed by atoms with E-state index in [1.54, 1.807) is 12.3 Å². The van der Waals surface area contributed by atoms with Crippen LogP contribution in [-0.2, 0) is 6.54 Å². The highest BCUT2D eigenvalue weighted by molar-refractivity contribution is 5.97. The van der Waals surface area contributed by atoms with E-state index in [2.05, 4.69) is 21.4 Å². The highest BCUT2D eigenvalue weighted by Crippen LogP contribution is 2.33. The summed E-state index contributed by atoms with van der Waals surface area (Å²) in [5.74, 6) is 0.754. The lowest BCUT2D eigenvalue weighted by atomic mass is 10.0. The molecule has 0 radical (unpaired) electrons. The standard InChI is InChI=1S/C23H16N4O3/c28-27(29)21-14-24-8-7-20(21)26-11-15-5-6-17-12-25-13-19(18(17)9-15)23-10-16-3-1-2-4-22(16)30-23/h1-10,12-14H,11H2,(H,24,26). The second-order valence-electron chi connectivity index (χ2n) is 6.89. The minimum absolute atomic E-state index is 0.0505. The molecule has 0 saturated carbocycles. The first-order valence-electron chi connectivity index (χ1n) is 9.37. The normalized spacial score (nSPS) is 11.1. The SMILES string of the molecule is O=[N+]([O-])c1cnccc1NCc1ccc2cncc(-c3cc4ccccc4o3)c2c1. The van der Waals surface area contributed by atoms with E-state index >= 15 is 0 Å². The average Bonchev–Trinajstić information content (AvgIpc) is 3.21. The Morgan fingerprint density at radius 1 is 0.967 bits per heavy atom. The fraction of sp³-hybridized carbons (Fsp3) is 0.0435. The van der Waals surface area contributed by atoms with Crippen molar-refractivity contribution in [1.82, 2.24) is 9.97 Å². The van der Waals surface area contributed by atoms with Crippen molar-refractivity contribution in [3.8, 4) is 11.3 Å². The number of benzene rings is 2. The third kappa shape index (κ3) is 3.22. The Balaban J connectivity index is 1.51. The zero-order chi connectivity index (χ0) is 20.5. The molecule has 3 heterocycles. The second kappa shape index (κ2) is 7.29. The minimum Gasteiger partial charge on any atom is -0.456 e. The van der Waals surface area contributed by atoms with Gasteiger partial charge in [0, 0.05) is 41.5 Å². The Morgan fingerprint density at radius 2 is 1.87 bits per heavy atom. The molecule has 1 N–H and O–H groups in total. The van der Waals surface area contributed by atoms with E-state index < -0.39 is 4.92 Å². The molecule has 5 aromatic rings. The number of aromatic nitrogens is 2. The van der Waals surface area contributed by atoms with Crippen molar-refractivity contribution < 1.29 is 9.34 Å². The fourth-order valence-electron chi connectivity index (χ4n) is 3.51. The highest BCUT2D eigenvalue weighted by atomic mass is 16.6. The summed E-state index contributed by atoms with van der Waals surface area (Å²) in [5.41, 5.74) is 3.10. The van der Waals surface area contributed by atoms with E-state index in [-0.39, 0.29) is 5.69 Å². The summed E-state index contributed by atoms with van der Waals surface area (Å²) in [6.07, 6.45) is 6.38. The number of nitrogens with one attached hydrogen (secondary N) is 1. The topological polar surface area (TPSA) is 94.1 Å². The third-order valence-electron chi connectivity index (χ3n) is 5.00. The van der Waals surface area contributed by atoms with Crippen molar-refractivity contribution in [3.63, 3.8) is 0 Å². The van der Waals surface area contributed by atoms with Crippen LogP contribution in [0.4, 0.5) is 11.4 Å². The maximum atomic E-state index is 11.2. The Kier molecular flexibility index (Phi) is 4.33. The van der Waals surface area contributed by atoms with E-state index in [9.17, 15) is 10.1 Å². The molecule has 0 aliphatic carbocycles. The molecule has 0 saturated heterocycles. The fourth-order valence-corrected chi connectivity index (χ4v) is 3.51. The molecule has 0 unspecified atom stereocenters. The smallest absolute Gasteiger partial charge is 0.310 e. The van der Waals surface area contributed by atoms with Gasteiger partial charge in [0.15, 0.2) is 0 Å². The maximum Gasteiger partial charge on any atom is 0.310 e. The predicted octanol–water partition coefficient (Wildman–Crippen LogP) is 5.56. The van der Waals surface area contributed by atoms with E-state index in [0.717, 1.165) is 38.6 Å². The molecule has 5 rings (SSSR count). The molecule has 30 heavy (non-hydrogen) atoms. The van der Waals surface area contributed by atoms with Crippen molar-refractivity contribution >= 4 is 33.1 Å². The Labute approximate surface area is 171 Å². The Hall–Kier alpha value is -4.26. The minimum atomic E-state index is -0.443. The van der Waals surface area contributed by atoms with Crippen LogP contribution in [0, 0.1) is 10.1 Å². The quantitative estimate of drug-likeness (QED) is 0.309. The van der Waals surface area contributed by atoms with Crippen LogP contribution >= 0.6 is 0 Å². The lowest BCUT2D eigenvalue weighted by Gasteiger charge is -2.09. The summed E-state index contributed by atoms with van der Waals surface area (Å²) in [6.45, 7) is 0.433. The molecular formula is C23H16N4O3. The van der Waals surface area contributed by atoms with Crippen molar-refractivity contribution in [2.24, 2.45) is 0 Å². The van der Waals surface area contributed by atoms with Crippen LogP contribution in [-0.4, -0.2) is 14.9 Å². The molecule has 7 heteroatoms. The highest BCUT2D eigenvalue weighted by Gasteiger charge is 2.14. The van der Waals surface area contributed by atoms with Gasteiger partial charge >= 0.3 is 5.69 Å². The number of para-hydroxylation sites is 1. The number of nitrogens with zero attached hydrogens (tertiary/aromatic N) is 3. The summed E-state index contributed by atoms with van der Waals surface area (Å²) >= 11 is 0. The van der Waals surface area contributed by atoms with Crippen molar-refractivity contribution in [1.29, 1.82) is 0 Å². The lowest BCUT2D eigenvalue weighted by Crippen LogP contribution is -2.03. The summed E-state index contributed by atoms with van der Waals surface area (Å²) in [7, 11) is 0. The molecule has 0 fully saturated rings. The second-order valence-corrected chi connectivity index (χ2v) is 6.89. The first-order valence-corrected chi connectivity index (χ1v) is 9.37. The van der Waals surface area contributed by atoms with Gasteiger partial charge in [0.25, 0.3) is 0 Å². The van der Waals surface area contributed by atoms with E-state index in [1.165, 1.54) is 12.4 Å². The van der Waals surface area contributed by atoms with E-state index in [4.69, 9.17) is 4.42 Å². The van der Waals surface area contributed by atoms with Crippen LogP contribution in [0.5, 0.6) is 0 Å². The largest absolute Gasteiger partial charge is 0.456 e. The molecule has 0 bridgehead atoms. The van der Waals surface area contributed by atoms with Crippen LogP contribution in [0.1, 0.15) is 5.56 Å². The van der Waals surface area contributed by atoms with Crippen LogP contribution < -0.4 is 5.32 Å². The summed E-state index contributed by atoms with van der Waals surface area (Å²) in [6, 6.07) is 17.5. The predicted molar refractivity (Wildman–Crippen MR) is 115 cm³/mol. The molecule has 2 aromatic carbocycles. The molecule has 0 amide bonds. The number of fused-ring (bicyclic) bond motifs is 2. The summed E-state index contributed by atoms with van der Waals surface area (Å²) in [5, 5.41) is 17.4. The van der Waals surface area contributed by atoms with Gasteiger partial charge in [0.2, 0.25) is 0 Å². The van der Waals surface area contributed by atoms with Gasteiger partial charge in [-0.25, -0.2) is 0 Å². The van der Waals surface area contributed by atoms with Gasteiger partial charge in [-0.3, -0.25) is 20.1 Å². The van der Waals surface area contributed by atoms with Gasteiger partial charge in [0.1, 0.15) is 23.2 Å². The van der Waals surface area contributed by atoms with Gasteiger partial charge in [0.05, 0.1) is 4.92 Å². The molecular weight excluding hydrogens is 380 g/mol. The molecule has 146 valence electrons. The van der Waals surface area contributed by atoms with E-state index in [0.29, 0.717) is 12.2 Å². The molecule has 3 aromatic heterocycles. The van der Waals surface area contributed by atoms with Crippen molar-refractivity contribution in [2.75, 3.05) is 5.32 Å². The van der Waals surface area contributed by atoms with Crippen LogP contribution in [0.3, 0.4) is 0 Å². The Morgan fingerprint density at radius 3 is 2.73 bits per heavy atom. The number of furan rings is 1. The first-order chi connectivity index (χ1) is 14.7. The first kappa shape index (κ1) is 17.8. The summed E-state index contributed by atoms with van der Waals surface area (Å²) < 4.78 is 6.04. The number of anilines is 1. The van der Waals surface area contributed by atoms with Crippen LogP contribution in [0.15, 0.2) is 83.8 Å². The lowest BCUT2D eigenvalue weighted by molar-refractivity contribution is -0.384. The van der Waals surface area contributed by atoms with Gasteiger partial charge in [-0.2, -0.15) is 0 Å². The number of pyridine rings is 2. The average molecular weight is 396 g/mol. The van der Waals surface area contributed by atoms with Crippen LogP contribution in [0.25, 0.3) is 33.1 Å². The number of hydrogen-bond acceptors (Lipinski definition) is 6. The third-order valence-corrected chi connectivity index (χ3v) is 5.00. The van der Waals surface area contributed by atoms with Gasteiger partial charge in [-0.15, -0.1) is 0 Å². The Bertz CT molecular complexity index is 1360. The number of nitro groups is 1. The number of rotatable bonds is 5. The van der Waals surface area contributed by atoms with Crippen molar-refractivity contribution in [2.45, 2.75) is 6.54 Å².